The fourth-order valence-corrected chi connectivity index (χ4v) is 2.30. The van der Waals surface area contributed by atoms with Gasteiger partial charge in [0, 0.05) is 17.3 Å². The Morgan fingerprint density at radius 1 is 0.708 bits per heavy atom. The van der Waals surface area contributed by atoms with E-state index in [1.165, 1.54) is 5.12 Å². The van der Waals surface area contributed by atoms with E-state index in [1.807, 2.05) is 60.7 Å². The highest BCUT2D eigenvalue weighted by Crippen LogP contribution is 2.22. The van der Waals surface area contributed by atoms with Gasteiger partial charge >= 0.3 is 0 Å². The van der Waals surface area contributed by atoms with Crippen LogP contribution in [0.25, 0.3) is 22.8 Å². The highest BCUT2D eigenvalue weighted by atomic mass is 15.7. The molecule has 116 valence electrons. The third kappa shape index (κ3) is 2.85. The second kappa shape index (κ2) is 6.29. The Morgan fingerprint density at radius 2 is 1.29 bits per heavy atom. The first kappa shape index (κ1) is 14.1. The van der Waals surface area contributed by atoms with Crippen LogP contribution < -0.4 is 10.5 Å². The van der Waals surface area contributed by atoms with Crippen molar-refractivity contribution in [2.24, 2.45) is 5.10 Å². The summed E-state index contributed by atoms with van der Waals surface area (Å²) >= 11 is 0. The van der Waals surface area contributed by atoms with Crippen LogP contribution in [-0.4, -0.2) is 21.2 Å². The maximum atomic E-state index is 4.62. The molecule has 2 aromatic carbocycles. The predicted octanol–water partition coefficient (Wildman–Crippen LogP) is 3.03. The number of nitrogens with zero attached hydrogens (tertiary/aromatic N) is 5. The van der Waals surface area contributed by atoms with E-state index in [-0.39, 0.29) is 0 Å². The van der Waals surface area contributed by atoms with Gasteiger partial charge in [-0.2, -0.15) is 15.1 Å². The maximum Gasteiger partial charge on any atom is 0.270 e. The number of hydrogen-bond donors (Lipinski definition) is 1. The first-order valence-electron chi connectivity index (χ1n) is 7.52. The minimum Gasteiger partial charge on any atom is -0.282 e. The van der Waals surface area contributed by atoms with Crippen LogP contribution in [-0.2, 0) is 0 Å². The smallest absolute Gasteiger partial charge is 0.270 e. The Labute approximate surface area is 139 Å². The van der Waals surface area contributed by atoms with Crippen LogP contribution in [0.2, 0.25) is 0 Å². The van der Waals surface area contributed by atoms with Gasteiger partial charge in [-0.3, -0.25) is 5.43 Å². The van der Waals surface area contributed by atoms with Gasteiger partial charge in [0.25, 0.3) is 5.95 Å². The number of allylic oxidation sites excluding steroid dienone is 1. The van der Waals surface area contributed by atoms with Gasteiger partial charge in [0.15, 0.2) is 11.6 Å². The number of aromatic nitrogens is 3. The molecular weight excluding hydrogens is 300 g/mol. The molecule has 0 unspecified atom stereocenters. The summed E-state index contributed by atoms with van der Waals surface area (Å²) in [7, 11) is 0. The fourth-order valence-electron chi connectivity index (χ4n) is 2.30. The van der Waals surface area contributed by atoms with Gasteiger partial charge in [-0.1, -0.05) is 60.7 Å². The molecule has 4 rings (SSSR count). The Kier molecular flexibility index (Phi) is 3.69. The molecular formula is C18H14N6. The summed E-state index contributed by atoms with van der Waals surface area (Å²) in [6.45, 7) is 0. The summed E-state index contributed by atoms with van der Waals surface area (Å²) in [5.41, 5.74) is 4.85. The topological polar surface area (TPSA) is 66.3 Å². The van der Waals surface area contributed by atoms with Crippen molar-refractivity contribution in [2.45, 2.75) is 0 Å². The lowest BCUT2D eigenvalue weighted by molar-refractivity contribution is 0.737. The average Bonchev–Trinajstić information content (AvgIpc) is 2.70. The summed E-state index contributed by atoms with van der Waals surface area (Å²) in [5, 5.41) is 5.74. The molecule has 1 aliphatic heterocycles. The van der Waals surface area contributed by atoms with E-state index in [0.29, 0.717) is 17.6 Å². The molecule has 0 saturated heterocycles. The van der Waals surface area contributed by atoms with Crippen LogP contribution in [0.3, 0.4) is 0 Å². The number of hydrazone groups is 1. The molecule has 6 heteroatoms. The Hall–Kier alpha value is -3.54. The molecule has 0 amide bonds. The minimum atomic E-state index is 0.434. The molecule has 1 aliphatic rings. The number of hydrazine groups is 1. The zero-order valence-electron chi connectivity index (χ0n) is 12.7. The van der Waals surface area contributed by atoms with Crippen LogP contribution in [0, 0.1) is 0 Å². The monoisotopic (exact) mass is 314 g/mol. The Balaban J connectivity index is 1.85. The first-order valence-corrected chi connectivity index (χ1v) is 7.52. The van der Waals surface area contributed by atoms with E-state index < -0.39 is 0 Å². The SMILES string of the molecule is C1=CNN(c2nc(-c3ccccc3)nc(-c3ccccc3)n2)N=C1. The second-order valence-electron chi connectivity index (χ2n) is 5.08. The van der Waals surface area contributed by atoms with Crippen LogP contribution in [0.4, 0.5) is 5.95 Å². The molecule has 3 aromatic rings. The summed E-state index contributed by atoms with van der Waals surface area (Å²) in [4.78, 5) is 13.7. The average molecular weight is 314 g/mol. The number of nitrogens with one attached hydrogen (secondary N) is 1. The Bertz CT molecular complexity index is 832. The van der Waals surface area contributed by atoms with Crippen LogP contribution in [0.5, 0.6) is 0 Å². The van der Waals surface area contributed by atoms with Crippen LogP contribution in [0.1, 0.15) is 0 Å². The second-order valence-corrected chi connectivity index (χ2v) is 5.08. The molecule has 0 bridgehead atoms. The normalized spacial score (nSPS) is 12.9. The van der Waals surface area contributed by atoms with Gasteiger partial charge in [-0.25, -0.2) is 4.98 Å². The molecule has 0 saturated carbocycles. The van der Waals surface area contributed by atoms with Crippen molar-refractivity contribution < 1.29 is 0 Å². The van der Waals surface area contributed by atoms with Crippen molar-refractivity contribution in [3.63, 3.8) is 0 Å². The number of anilines is 1. The highest BCUT2D eigenvalue weighted by Gasteiger charge is 2.15. The van der Waals surface area contributed by atoms with Crippen molar-refractivity contribution in [3.8, 4) is 22.8 Å². The molecule has 2 heterocycles. The van der Waals surface area contributed by atoms with E-state index in [1.54, 1.807) is 18.5 Å². The standard InChI is InChI=1S/C18H14N6/c1-3-8-14(9-4-1)16-21-17(15-10-5-2-6-11-15)23-18(22-16)24-19-12-7-13-20-24/h1-13,19H. The zero-order chi connectivity index (χ0) is 16.2. The summed E-state index contributed by atoms with van der Waals surface area (Å²) in [5.74, 6) is 1.64. The van der Waals surface area contributed by atoms with E-state index in [2.05, 4.69) is 25.5 Å². The first-order chi connectivity index (χ1) is 11.9. The molecule has 0 aliphatic carbocycles. The van der Waals surface area contributed by atoms with Gasteiger partial charge in [0.05, 0.1) is 6.21 Å². The number of rotatable bonds is 3. The molecule has 6 nitrogen and oxygen atoms in total. The molecule has 1 N–H and O–H groups in total. The largest absolute Gasteiger partial charge is 0.282 e. The summed E-state index contributed by atoms with van der Waals surface area (Å²) in [6, 6.07) is 19.7. The van der Waals surface area contributed by atoms with Crippen molar-refractivity contribution in [3.05, 3.63) is 72.9 Å². The number of benzene rings is 2. The van der Waals surface area contributed by atoms with Gasteiger partial charge in [-0.15, -0.1) is 5.12 Å². The van der Waals surface area contributed by atoms with Crippen molar-refractivity contribution in [2.75, 3.05) is 5.12 Å². The lowest BCUT2D eigenvalue weighted by Gasteiger charge is -2.19. The molecule has 1 aromatic heterocycles. The minimum absolute atomic E-state index is 0.434. The summed E-state index contributed by atoms with van der Waals surface area (Å²) in [6.07, 6.45) is 5.24. The van der Waals surface area contributed by atoms with E-state index >= 15 is 0 Å². The van der Waals surface area contributed by atoms with Gasteiger partial charge < -0.3 is 0 Å². The Morgan fingerprint density at radius 3 is 1.79 bits per heavy atom. The van der Waals surface area contributed by atoms with Crippen molar-refractivity contribution in [1.29, 1.82) is 0 Å². The van der Waals surface area contributed by atoms with Crippen molar-refractivity contribution in [1.82, 2.24) is 20.4 Å². The molecule has 24 heavy (non-hydrogen) atoms. The van der Waals surface area contributed by atoms with Crippen LogP contribution >= 0.6 is 0 Å². The lowest BCUT2D eigenvalue weighted by Crippen LogP contribution is -2.32. The molecule has 0 atom stereocenters. The molecule has 0 fully saturated rings. The molecule has 0 spiro atoms. The van der Waals surface area contributed by atoms with Crippen molar-refractivity contribution >= 4 is 12.2 Å². The van der Waals surface area contributed by atoms with E-state index in [4.69, 9.17) is 0 Å². The quantitative estimate of drug-likeness (QED) is 0.805. The summed E-state index contributed by atoms with van der Waals surface area (Å²) < 4.78 is 0. The third-order valence-corrected chi connectivity index (χ3v) is 3.44. The highest BCUT2D eigenvalue weighted by molar-refractivity contribution is 5.73. The lowest BCUT2D eigenvalue weighted by atomic mass is 10.2. The van der Waals surface area contributed by atoms with E-state index in [9.17, 15) is 0 Å². The number of hydrogen-bond acceptors (Lipinski definition) is 6. The van der Waals surface area contributed by atoms with Gasteiger partial charge in [0.1, 0.15) is 0 Å². The maximum absolute atomic E-state index is 4.62. The van der Waals surface area contributed by atoms with E-state index in [0.717, 1.165) is 11.1 Å². The fraction of sp³-hybridized carbons (Fsp3) is 0. The third-order valence-electron chi connectivity index (χ3n) is 3.44. The van der Waals surface area contributed by atoms with Crippen LogP contribution in [0.15, 0.2) is 78.0 Å². The predicted molar refractivity (Wildman–Crippen MR) is 93.9 cm³/mol. The molecule has 0 radical (unpaired) electrons. The zero-order valence-corrected chi connectivity index (χ0v) is 12.7. The van der Waals surface area contributed by atoms with Gasteiger partial charge in [0.2, 0.25) is 0 Å². The van der Waals surface area contributed by atoms with Gasteiger partial charge in [-0.05, 0) is 6.08 Å².